The maximum absolute atomic E-state index is 6.10. The summed E-state index contributed by atoms with van der Waals surface area (Å²) in [7, 11) is 0. The summed E-state index contributed by atoms with van der Waals surface area (Å²) in [5.41, 5.74) is 9.54. The quantitative estimate of drug-likeness (QED) is 0.701. The number of hydrogen-bond donors (Lipinski definition) is 1. The molecule has 0 fully saturated rings. The fourth-order valence-corrected chi connectivity index (χ4v) is 2.50. The number of fused-ring (bicyclic) bond motifs is 1. The summed E-state index contributed by atoms with van der Waals surface area (Å²) < 4.78 is 2.75. The van der Waals surface area contributed by atoms with Gasteiger partial charge in [0.05, 0.1) is 5.69 Å². The van der Waals surface area contributed by atoms with Crippen LogP contribution in [-0.2, 0) is 0 Å². The molecule has 0 aliphatic heterocycles. The highest BCUT2D eigenvalue weighted by Crippen LogP contribution is 2.31. The molecule has 5 nitrogen and oxygen atoms in total. The lowest BCUT2D eigenvalue weighted by molar-refractivity contribution is 1.02. The summed E-state index contributed by atoms with van der Waals surface area (Å²) >= 11 is 3.43. The molecule has 6 heteroatoms. The van der Waals surface area contributed by atoms with E-state index in [-0.39, 0.29) is 0 Å². The van der Waals surface area contributed by atoms with Crippen molar-refractivity contribution in [3.8, 4) is 11.4 Å². The standard InChI is InChI=1S/C13H12BrN5/c1-7-6-8(2)19-12(17-18-13(19)16-7)9-4-3-5-10(14)11(9)15/h3-6H,15H2,1-2H3. The zero-order valence-electron chi connectivity index (χ0n) is 10.6. The number of halogens is 1. The topological polar surface area (TPSA) is 69.1 Å². The second-order valence-corrected chi connectivity index (χ2v) is 5.25. The number of rotatable bonds is 1. The molecule has 3 rings (SSSR count). The number of anilines is 1. The number of benzene rings is 1. The van der Waals surface area contributed by atoms with Crippen molar-refractivity contribution >= 4 is 27.4 Å². The minimum atomic E-state index is 0.590. The molecule has 1 aromatic carbocycles. The third-order valence-electron chi connectivity index (χ3n) is 2.99. The maximum atomic E-state index is 6.10. The summed E-state index contributed by atoms with van der Waals surface area (Å²) in [5.74, 6) is 1.30. The van der Waals surface area contributed by atoms with Gasteiger partial charge in [-0.1, -0.05) is 6.07 Å². The number of aromatic nitrogens is 4. The zero-order chi connectivity index (χ0) is 13.6. The molecule has 0 aliphatic carbocycles. The second kappa shape index (κ2) is 4.31. The van der Waals surface area contributed by atoms with E-state index < -0.39 is 0 Å². The van der Waals surface area contributed by atoms with Crippen molar-refractivity contribution in [2.24, 2.45) is 0 Å². The van der Waals surface area contributed by atoms with E-state index in [1.165, 1.54) is 0 Å². The van der Waals surface area contributed by atoms with Gasteiger partial charge in [-0.05, 0) is 48.0 Å². The van der Waals surface area contributed by atoms with Crippen LogP contribution < -0.4 is 5.73 Å². The first-order valence-corrected chi connectivity index (χ1v) is 6.61. The number of nitrogen functional groups attached to an aromatic ring is 1. The van der Waals surface area contributed by atoms with Gasteiger partial charge >= 0.3 is 0 Å². The van der Waals surface area contributed by atoms with Gasteiger partial charge in [0.15, 0.2) is 5.82 Å². The number of hydrogen-bond acceptors (Lipinski definition) is 4. The van der Waals surface area contributed by atoms with Gasteiger partial charge in [0.25, 0.3) is 5.78 Å². The number of nitrogens with two attached hydrogens (primary N) is 1. The average Bonchev–Trinajstić information content (AvgIpc) is 2.76. The maximum Gasteiger partial charge on any atom is 0.255 e. The molecule has 2 heterocycles. The molecule has 0 aliphatic rings. The van der Waals surface area contributed by atoms with Crippen LogP contribution in [0.5, 0.6) is 0 Å². The Morgan fingerprint density at radius 3 is 2.79 bits per heavy atom. The monoisotopic (exact) mass is 317 g/mol. The molecule has 19 heavy (non-hydrogen) atoms. The van der Waals surface area contributed by atoms with Gasteiger partial charge in [0, 0.05) is 21.4 Å². The normalized spacial score (nSPS) is 11.1. The average molecular weight is 318 g/mol. The van der Waals surface area contributed by atoms with Crippen molar-refractivity contribution in [2.45, 2.75) is 13.8 Å². The Kier molecular flexibility index (Phi) is 2.74. The molecule has 96 valence electrons. The lowest BCUT2D eigenvalue weighted by atomic mass is 10.1. The van der Waals surface area contributed by atoms with Gasteiger partial charge in [0.1, 0.15) is 0 Å². The third-order valence-corrected chi connectivity index (χ3v) is 3.68. The Morgan fingerprint density at radius 1 is 1.21 bits per heavy atom. The molecule has 0 spiro atoms. The number of nitrogens with zero attached hydrogens (tertiary/aromatic N) is 4. The van der Waals surface area contributed by atoms with E-state index in [4.69, 9.17) is 5.73 Å². The molecule has 0 bridgehead atoms. The molecular formula is C13H12BrN5. The van der Waals surface area contributed by atoms with Crippen LogP contribution in [0.2, 0.25) is 0 Å². The van der Waals surface area contributed by atoms with Crippen molar-refractivity contribution in [1.82, 2.24) is 19.6 Å². The first-order valence-electron chi connectivity index (χ1n) is 5.81. The fourth-order valence-electron chi connectivity index (χ4n) is 2.14. The van der Waals surface area contributed by atoms with Gasteiger partial charge in [-0.3, -0.25) is 4.40 Å². The molecular weight excluding hydrogens is 306 g/mol. The van der Waals surface area contributed by atoms with Gasteiger partial charge in [-0.2, -0.15) is 0 Å². The minimum absolute atomic E-state index is 0.590. The van der Waals surface area contributed by atoms with Gasteiger partial charge in [0.2, 0.25) is 0 Å². The summed E-state index contributed by atoms with van der Waals surface area (Å²) in [6, 6.07) is 7.75. The highest BCUT2D eigenvalue weighted by Gasteiger charge is 2.14. The molecule has 0 unspecified atom stereocenters. The molecule has 0 saturated heterocycles. The highest BCUT2D eigenvalue weighted by molar-refractivity contribution is 9.10. The van der Waals surface area contributed by atoms with Crippen molar-refractivity contribution in [3.05, 3.63) is 40.1 Å². The molecule has 0 atom stereocenters. The summed E-state index contributed by atoms with van der Waals surface area (Å²) in [5, 5.41) is 8.34. The van der Waals surface area contributed by atoms with Crippen LogP contribution in [0.4, 0.5) is 5.69 Å². The lowest BCUT2D eigenvalue weighted by Crippen LogP contribution is -2.00. The van der Waals surface area contributed by atoms with Crippen LogP contribution in [0.3, 0.4) is 0 Å². The predicted molar refractivity (Wildman–Crippen MR) is 77.8 cm³/mol. The Bertz CT molecular complexity index is 778. The van der Waals surface area contributed by atoms with E-state index in [1.54, 1.807) is 0 Å². The van der Waals surface area contributed by atoms with Crippen LogP contribution >= 0.6 is 15.9 Å². The Labute approximate surface area is 118 Å². The van der Waals surface area contributed by atoms with Gasteiger partial charge in [-0.15, -0.1) is 10.2 Å². The summed E-state index contributed by atoms with van der Waals surface area (Å²) in [6.07, 6.45) is 0. The molecule has 2 aromatic heterocycles. The van der Waals surface area contributed by atoms with E-state index in [1.807, 2.05) is 42.5 Å². The predicted octanol–water partition coefficient (Wildman–Crippen LogP) is 2.75. The smallest absolute Gasteiger partial charge is 0.255 e. The van der Waals surface area contributed by atoms with E-state index >= 15 is 0 Å². The molecule has 2 N–H and O–H groups in total. The van der Waals surface area contributed by atoms with Crippen molar-refractivity contribution < 1.29 is 0 Å². The fraction of sp³-hybridized carbons (Fsp3) is 0.154. The van der Waals surface area contributed by atoms with Crippen LogP contribution in [0.1, 0.15) is 11.4 Å². The van der Waals surface area contributed by atoms with Gasteiger partial charge < -0.3 is 5.73 Å². The van der Waals surface area contributed by atoms with E-state index in [2.05, 4.69) is 31.1 Å². The third kappa shape index (κ3) is 1.88. The first kappa shape index (κ1) is 12.1. The van der Waals surface area contributed by atoms with E-state index in [0.29, 0.717) is 17.3 Å². The summed E-state index contributed by atoms with van der Waals surface area (Å²) in [4.78, 5) is 4.37. The SMILES string of the molecule is Cc1cc(C)n2c(-c3cccc(Br)c3N)nnc2n1. The van der Waals surface area contributed by atoms with Crippen LogP contribution in [0, 0.1) is 13.8 Å². The van der Waals surface area contributed by atoms with Crippen LogP contribution in [-0.4, -0.2) is 19.6 Å². The number of aryl methyl sites for hydroxylation is 2. The first-order chi connectivity index (χ1) is 9.08. The summed E-state index contributed by atoms with van der Waals surface area (Å²) in [6.45, 7) is 3.94. The molecule has 0 amide bonds. The van der Waals surface area contributed by atoms with Crippen molar-refractivity contribution in [2.75, 3.05) is 5.73 Å². The Balaban J connectivity index is 2.35. The van der Waals surface area contributed by atoms with Gasteiger partial charge in [-0.25, -0.2) is 4.98 Å². The zero-order valence-corrected chi connectivity index (χ0v) is 12.1. The van der Waals surface area contributed by atoms with E-state index in [9.17, 15) is 0 Å². The Hall–Kier alpha value is -1.95. The van der Waals surface area contributed by atoms with Crippen molar-refractivity contribution in [3.63, 3.8) is 0 Å². The lowest BCUT2D eigenvalue weighted by Gasteiger charge is -2.07. The highest BCUT2D eigenvalue weighted by atomic mass is 79.9. The van der Waals surface area contributed by atoms with Crippen LogP contribution in [0.25, 0.3) is 17.2 Å². The molecule has 0 radical (unpaired) electrons. The van der Waals surface area contributed by atoms with Crippen molar-refractivity contribution in [1.29, 1.82) is 0 Å². The Morgan fingerprint density at radius 2 is 2.00 bits per heavy atom. The number of para-hydroxylation sites is 1. The second-order valence-electron chi connectivity index (χ2n) is 4.40. The molecule has 0 saturated carbocycles. The largest absolute Gasteiger partial charge is 0.397 e. The van der Waals surface area contributed by atoms with Crippen LogP contribution in [0.15, 0.2) is 28.7 Å². The minimum Gasteiger partial charge on any atom is -0.397 e. The molecule has 3 aromatic rings. The van der Waals surface area contributed by atoms with E-state index in [0.717, 1.165) is 21.4 Å².